The number of para-hydroxylation sites is 1. The number of benzene rings is 2. The number of methoxy groups -OCH3 is 1. The number of aromatic nitrogens is 1. The van der Waals surface area contributed by atoms with Gasteiger partial charge in [0.1, 0.15) is 0 Å². The first-order chi connectivity index (χ1) is 16.5. The van der Waals surface area contributed by atoms with Gasteiger partial charge in [-0.2, -0.15) is 4.99 Å². The molecule has 4 rings (SSSR count). The van der Waals surface area contributed by atoms with E-state index in [4.69, 9.17) is 4.74 Å². The highest BCUT2D eigenvalue weighted by Gasteiger charge is 2.21. The lowest BCUT2D eigenvalue weighted by Crippen LogP contribution is -2.49. The van der Waals surface area contributed by atoms with E-state index in [9.17, 15) is 9.59 Å². The van der Waals surface area contributed by atoms with E-state index in [2.05, 4.69) is 47.1 Å². The number of piperazine rings is 1. The molecule has 0 aliphatic carbocycles. The summed E-state index contributed by atoms with van der Waals surface area (Å²) >= 11 is 2.84. The molecule has 1 saturated heterocycles. The maximum Gasteiger partial charge on any atom is 0.258 e. The summed E-state index contributed by atoms with van der Waals surface area (Å²) in [5.41, 5.74) is 3.41. The number of thiazole rings is 1. The molecule has 180 valence electrons. The molecule has 34 heavy (non-hydrogen) atoms. The molecule has 2 amide bonds. The Morgan fingerprint density at radius 3 is 2.56 bits per heavy atom. The quantitative estimate of drug-likeness (QED) is 0.477. The molecule has 0 spiro atoms. The molecule has 0 saturated carbocycles. The highest BCUT2D eigenvalue weighted by Crippen LogP contribution is 2.19. The first kappa shape index (κ1) is 24.5. The van der Waals surface area contributed by atoms with E-state index in [0.29, 0.717) is 36.8 Å². The molecular weight excluding hydrogens is 468 g/mol. The first-order valence-corrected chi connectivity index (χ1v) is 13.3. The van der Waals surface area contributed by atoms with Crippen molar-refractivity contribution >= 4 is 50.8 Å². The number of hydrogen-bond donors (Lipinski definition) is 0. The van der Waals surface area contributed by atoms with Crippen LogP contribution in [0.25, 0.3) is 10.2 Å². The van der Waals surface area contributed by atoms with Crippen molar-refractivity contribution in [1.29, 1.82) is 0 Å². The fourth-order valence-corrected chi connectivity index (χ4v) is 5.84. The molecule has 1 aliphatic rings. The van der Waals surface area contributed by atoms with Gasteiger partial charge >= 0.3 is 0 Å². The van der Waals surface area contributed by atoms with E-state index in [1.165, 1.54) is 34.3 Å². The van der Waals surface area contributed by atoms with Gasteiger partial charge in [-0.15, -0.1) is 11.8 Å². The molecule has 0 unspecified atom stereocenters. The van der Waals surface area contributed by atoms with E-state index < -0.39 is 0 Å². The van der Waals surface area contributed by atoms with Crippen LogP contribution in [0, 0.1) is 6.92 Å². The van der Waals surface area contributed by atoms with Crippen LogP contribution in [-0.4, -0.2) is 72.7 Å². The summed E-state index contributed by atoms with van der Waals surface area (Å²) in [5.74, 6) is 0.342. The molecular formula is C25H30N4O3S2. The van der Waals surface area contributed by atoms with Gasteiger partial charge in [-0.25, -0.2) is 0 Å². The zero-order valence-corrected chi connectivity index (χ0v) is 21.2. The van der Waals surface area contributed by atoms with Crippen molar-refractivity contribution in [1.82, 2.24) is 9.47 Å². The predicted molar refractivity (Wildman–Crippen MR) is 140 cm³/mol. The minimum absolute atomic E-state index is 0.0815. The van der Waals surface area contributed by atoms with Gasteiger partial charge in [0.05, 0.1) is 28.3 Å². The molecule has 0 N–H and O–H groups in total. The Hall–Kier alpha value is -2.62. The summed E-state index contributed by atoms with van der Waals surface area (Å²) in [7, 11) is 1.66. The third-order valence-electron chi connectivity index (χ3n) is 5.78. The van der Waals surface area contributed by atoms with E-state index in [-0.39, 0.29) is 17.6 Å². The van der Waals surface area contributed by atoms with Crippen molar-refractivity contribution in [2.45, 2.75) is 13.5 Å². The summed E-state index contributed by atoms with van der Waals surface area (Å²) in [6.45, 7) is 6.27. The van der Waals surface area contributed by atoms with E-state index in [1.807, 2.05) is 27.7 Å². The summed E-state index contributed by atoms with van der Waals surface area (Å²) < 4.78 is 8.36. The van der Waals surface area contributed by atoms with Gasteiger partial charge in [-0.05, 0) is 36.8 Å². The van der Waals surface area contributed by atoms with Gasteiger partial charge in [-0.1, -0.05) is 35.6 Å². The Morgan fingerprint density at radius 2 is 1.82 bits per heavy atom. The average Bonchev–Trinajstić information content (AvgIpc) is 3.18. The Bertz CT molecular complexity index is 1200. The number of hydrogen-bond acceptors (Lipinski definition) is 6. The van der Waals surface area contributed by atoms with Crippen molar-refractivity contribution in [3.05, 3.63) is 58.9 Å². The van der Waals surface area contributed by atoms with Crippen LogP contribution in [0.2, 0.25) is 0 Å². The summed E-state index contributed by atoms with van der Waals surface area (Å²) in [6.07, 6.45) is 0. The molecule has 0 atom stereocenters. The molecule has 1 aromatic heterocycles. The molecule has 0 radical (unpaired) electrons. The second-order valence-corrected chi connectivity index (χ2v) is 10.2. The second-order valence-electron chi connectivity index (χ2n) is 8.20. The highest BCUT2D eigenvalue weighted by molar-refractivity contribution is 8.00. The number of amides is 2. The van der Waals surface area contributed by atoms with Crippen molar-refractivity contribution in [3.63, 3.8) is 0 Å². The fraction of sp³-hybridized carbons (Fsp3) is 0.400. The summed E-state index contributed by atoms with van der Waals surface area (Å²) in [5, 5.41) is 0. The molecule has 2 aromatic carbocycles. The van der Waals surface area contributed by atoms with Crippen molar-refractivity contribution in [2.75, 3.05) is 56.3 Å². The molecule has 1 fully saturated rings. The van der Waals surface area contributed by atoms with Crippen LogP contribution < -0.4 is 9.70 Å². The number of rotatable bonds is 8. The average molecular weight is 499 g/mol. The maximum atomic E-state index is 12.6. The van der Waals surface area contributed by atoms with Gasteiger partial charge < -0.3 is 19.1 Å². The standard InChI is InChI=1S/C25H30N4O3S2/c1-19-8-9-21-22(16-19)34-25(29(21)14-15-32-2)26-23(30)17-33-18-24(31)28-12-10-27(11-13-28)20-6-4-3-5-7-20/h3-9,16H,10-15,17-18H2,1-2H3. The first-order valence-electron chi connectivity index (χ1n) is 11.4. The fourth-order valence-electron chi connectivity index (χ4n) is 3.97. The summed E-state index contributed by atoms with van der Waals surface area (Å²) in [4.78, 5) is 34.4. The third-order valence-corrected chi connectivity index (χ3v) is 7.73. The van der Waals surface area contributed by atoms with E-state index >= 15 is 0 Å². The van der Waals surface area contributed by atoms with Crippen molar-refractivity contribution in [2.24, 2.45) is 4.99 Å². The van der Waals surface area contributed by atoms with Crippen LogP contribution in [0.1, 0.15) is 5.56 Å². The minimum Gasteiger partial charge on any atom is -0.383 e. The van der Waals surface area contributed by atoms with Crippen LogP contribution in [-0.2, 0) is 20.9 Å². The second kappa shape index (κ2) is 11.7. The van der Waals surface area contributed by atoms with Gasteiger partial charge in [-0.3, -0.25) is 9.59 Å². The third kappa shape index (κ3) is 6.08. The number of aryl methyl sites for hydroxylation is 1. The lowest BCUT2D eigenvalue weighted by molar-refractivity contribution is -0.128. The monoisotopic (exact) mass is 498 g/mol. The maximum absolute atomic E-state index is 12.6. The Morgan fingerprint density at radius 1 is 1.06 bits per heavy atom. The zero-order valence-electron chi connectivity index (χ0n) is 19.6. The number of anilines is 1. The highest BCUT2D eigenvalue weighted by atomic mass is 32.2. The minimum atomic E-state index is -0.221. The Labute approximate surface area is 208 Å². The molecule has 1 aliphatic heterocycles. The molecule has 0 bridgehead atoms. The van der Waals surface area contributed by atoms with Crippen molar-refractivity contribution < 1.29 is 14.3 Å². The smallest absolute Gasteiger partial charge is 0.258 e. The molecule has 9 heteroatoms. The molecule has 7 nitrogen and oxygen atoms in total. The molecule has 2 heterocycles. The normalized spacial score (nSPS) is 14.7. The lowest BCUT2D eigenvalue weighted by Gasteiger charge is -2.36. The topological polar surface area (TPSA) is 67.1 Å². The van der Waals surface area contributed by atoms with Gasteiger partial charge in [0, 0.05) is 45.5 Å². The van der Waals surface area contributed by atoms with Crippen LogP contribution in [0.3, 0.4) is 0 Å². The number of thioether (sulfide) groups is 1. The van der Waals surface area contributed by atoms with Crippen LogP contribution in [0.4, 0.5) is 5.69 Å². The van der Waals surface area contributed by atoms with E-state index in [1.54, 1.807) is 7.11 Å². The van der Waals surface area contributed by atoms with Crippen LogP contribution >= 0.6 is 23.1 Å². The van der Waals surface area contributed by atoms with Gasteiger partial charge in [0.15, 0.2) is 4.80 Å². The SMILES string of the molecule is COCCn1c(=NC(=O)CSCC(=O)N2CCN(c3ccccc3)CC2)sc2cc(C)ccc21. The van der Waals surface area contributed by atoms with Gasteiger partial charge in [0.25, 0.3) is 5.91 Å². The number of fused-ring (bicyclic) bond motifs is 1. The van der Waals surface area contributed by atoms with Crippen LogP contribution in [0.5, 0.6) is 0 Å². The Balaban J connectivity index is 1.31. The number of nitrogens with zero attached hydrogens (tertiary/aromatic N) is 4. The number of ether oxygens (including phenoxy) is 1. The van der Waals surface area contributed by atoms with Crippen molar-refractivity contribution in [3.8, 4) is 0 Å². The number of carbonyl (C=O) groups is 2. The predicted octanol–water partition coefficient (Wildman–Crippen LogP) is 3.17. The van der Waals surface area contributed by atoms with Gasteiger partial charge in [0.2, 0.25) is 5.91 Å². The number of carbonyl (C=O) groups excluding carboxylic acids is 2. The van der Waals surface area contributed by atoms with Crippen LogP contribution in [0.15, 0.2) is 53.5 Å². The largest absolute Gasteiger partial charge is 0.383 e. The summed E-state index contributed by atoms with van der Waals surface area (Å²) in [6, 6.07) is 16.5. The Kier molecular flexibility index (Phi) is 8.42. The van der Waals surface area contributed by atoms with E-state index in [0.717, 1.165) is 23.3 Å². The zero-order chi connectivity index (χ0) is 23.9. The lowest BCUT2D eigenvalue weighted by atomic mass is 10.2. The molecule has 3 aromatic rings.